The van der Waals surface area contributed by atoms with Crippen molar-refractivity contribution in [2.75, 3.05) is 23.3 Å². The van der Waals surface area contributed by atoms with Gasteiger partial charge in [0.2, 0.25) is 5.95 Å². The molecule has 1 aliphatic heterocycles. The average Bonchev–Trinajstić information content (AvgIpc) is 2.64. The van der Waals surface area contributed by atoms with Gasteiger partial charge in [-0.1, -0.05) is 35.9 Å². The Morgan fingerprint density at radius 2 is 1.62 bits per heavy atom. The number of rotatable bonds is 3. The van der Waals surface area contributed by atoms with Gasteiger partial charge in [0.25, 0.3) is 0 Å². The summed E-state index contributed by atoms with van der Waals surface area (Å²) in [5, 5.41) is 5.02. The van der Waals surface area contributed by atoms with Gasteiger partial charge in [-0.25, -0.2) is 4.98 Å². The summed E-state index contributed by atoms with van der Waals surface area (Å²) in [6.45, 7) is 2.10. The summed E-state index contributed by atoms with van der Waals surface area (Å²) >= 11 is 6.25. The Hall–Kier alpha value is -2.33. The molecule has 1 N–H and O–H groups in total. The van der Waals surface area contributed by atoms with Crippen LogP contribution in [0.1, 0.15) is 19.3 Å². The Morgan fingerprint density at radius 1 is 0.875 bits per heavy atom. The molecule has 0 radical (unpaired) electrons. The maximum atomic E-state index is 6.25. The Kier molecular flexibility index (Phi) is 4.22. The topological polar surface area (TPSA) is 41.1 Å². The zero-order valence-electron chi connectivity index (χ0n) is 13.4. The molecule has 0 atom stereocenters. The normalized spacial score (nSPS) is 14.8. The van der Waals surface area contributed by atoms with Gasteiger partial charge < -0.3 is 10.2 Å². The van der Waals surface area contributed by atoms with Crippen molar-refractivity contribution in [1.29, 1.82) is 0 Å². The maximum absolute atomic E-state index is 6.25. The van der Waals surface area contributed by atoms with Crippen molar-refractivity contribution in [3.05, 3.63) is 53.6 Å². The fraction of sp³-hybridized carbons (Fsp3) is 0.263. The molecule has 1 aliphatic rings. The van der Waals surface area contributed by atoms with E-state index in [0.29, 0.717) is 11.0 Å². The Balaban J connectivity index is 1.77. The highest BCUT2D eigenvalue weighted by atomic mass is 35.5. The van der Waals surface area contributed by atoms with Crippen LogP contribution >= 0.6 is 11.6 Å². The first-order chi connectivity index (χ1) is 11.8. The number of aromatic nitrogens is 2. The van der Waals surface area contributed by atoms with Crippen LogP contribution in [0.3, 0.4) is 0 Å². The van der Waals surface area contributed by atoms with Crippen molar-refractivity contribution in [3.8, 4) is 0 Å². The highest BCUT2D eigenvalue weighted by molar-refractivity contribution is 6.33. The van der Waals surface area contributed by atoms with Crippen molar-refractivity contribution in [2.45, 2.75) is 19.3 Å². The lowest BCUT2D eigenvalue weighted by Crippen LogP contribution is -2.30. The first-order valence-electron chi connectivity index (χ1n) is 8.34. The Labute approximate surface area is 146 Å². The quantitative estimate of drug-likeness (QED) is 0.728. The summed E-state index contributed by atoms with van der Waals surface area (Å²) in [6, 6.07) is 15.8. The summed E-state index contributed by atoms with van der Waals surface area (Å²) in [7, 11) is 0. The molecule has 0 bridgehead atoms. The first-order valence-corrected chi connectivity index (χ1v) is 8.72. The van der Waals surface area contributed by atoms with Crippen LogP contribution in [-0.4, -0.2) is 23.1 Å². The predicted octanol–water partition coefficient (Wildman–Crippen LogP) is 5.02. The molecule has 1 saturated heterocycles. The first kappa shape index (κ1) is 15.2. The zero-order chi connectivity index (χ0) is 16.4. The Morgan fingerprint density at radius 3 is 2.46 bits per heavy atom. The molecule has 0 aliphatic carbocycles. The second kappa shape index (κ2) is 6.65. The fourth-order valence-corrected chi connectivity index (χ4v) is 3.33. The van der Waals surface area contributed by atoms with Gasteiger partial charge in [0.05, 0.1) is 16.2 Å². The van der Waals surface area contributed by atoms with E-state index < -0.39 is 0 Å². The molecule has 5 heteroatoms. The van der Waals surface area contributed by atoms with E-state index in [-0.39, 0.29) is 0 Å². The summed E-state index contributed by atoms with van der Waals surface area (Å²) in [5.41, 5.74) is 1.77. The van der Waals surface area contributed by atoms with Crippen LogP contribution in [0.15, 0.2) is 48.5 Å². The smallest absolute Gasteiger partial charge is 0.229 e. The summed E-state index contributed by atoms with van der Waals surface area (Å²) in [4.78, 5) is 11.8. The van der Waals surface area contributed by atoms with E-state index in [2.05, 4.69) is 21.3 Å². The molecule has 0 saturated carbocycles. The monoisotopic (exact) mass is 338 g/mol. The van der Waals surface area contributed by atoms with Gasteiger partial charge >= 0.3 is 0 Å². The lowest BCUT2D eigenvalue weighted by molar-refractivity contribution is 0.575. The molecule has 1 aromatic heterocycles. The van der Waals surface area contributed by atoms with Crippen molar-refractivity contribution in [2.24, 2.45) is 0 Å². The van der Waals surface area contributed by atoms with Gasteiger partial charge in [0.1, 0.15) is 5.82 Å². The molecule has 1 fully saturated rings. The summed E-state index contributed by atoms with van der Waals surface area (Å²) in [6.07, 6.45) is 3.72. The van der Waals surface area contributed by atoms with Crippen LogP contribution in [0.2, 0.25) is 5.02 Å². The minimum absolute atomic E-state index is 0.586. The molecule has 0 amide bonds. The molecule has 0 spiro atoms. The largest absolute Gasteiger partial charge is 0.356 e. The summed E-state index contributed by atoms with van der Waals surface area (Å²) in [5.74, 6) is 1.59. The third kappa shape index (κ3) is 3.02. The number of nitrogens with one attached hydrogen (secondary N) is 1. The van der Waals surface area contributed by atoms with Crippen LogP contribution in [0.5, 0.6) is 0 Å². The van der Waals surface area contributed by atoms with E-state index in [4.69, 9.17) is 16.6 Å². The molecule has 122 valence electrons. The second-order valence-corrected chi connectivity index (χ2v) is 6.45. The van der Waals surface area contributed by atoms with Crippen LogP contribution in [0.25, 0.3) is 10.9 Å². The fourth-order valence-electron chi connectivity index (χ4n) is 3.15. The third-order valence-electron chi connectivity index (χ3n) is 4.36. The number of nitrogens with zero attached hydrogens (tertiary/aromatic N) is 3. The molecule has 2 heterocycles. The number of fused-ring (bicyclic) bond motifs is 1. The maximum Gasteiger partial charge on any atom is 0.229 e. The van der Waals surface area contributed by atoms with E-state index >= 15 is 0 Å². The SMILES string of the molecule is Clc1ccccc1Nc1nc(N2CCCCC2)c2ccccc2n1. The highest BCUT2D eigenvalue weighted by Crippen LogP contribution is 2.30. The number of benzene rings is 2. The third-order valence-corrected chi connectivity index (χ3v) is 4.69. The number of piperidine rings is 1. The minimum Gasteiger partial charge on any atom is -0.356 e. The van der Waals surface area contributed by atoms with Crippen molar-refractivity contribution in [3.63, 3.8) is 0 Å². The molecular formula is C19H19ClN4. The number of para-hydroxylation sites is 2. The van der Waals surface area contributed by atoms with E-state index in [1.54, 1.807) is 0 Å². The molecule has 4 rings (SSSR count). The Bertz CT molecular complexity index is 859. The van der Waals surface area contributed by atoms with Crippen molar-refractivity contribution in [1.82, 2.24) is 9.97 Å². The van der Waals surface area contributed by atoms with Crippen LogP contribution in [0.4, 0.5) is 17.5 Å². The van der Waals surface area contributed by atoms with E-state index in [1.807, 2.05) is 42.5 Å². The van der Waals surface area contributed by atoms with E-state index in [9.17, 15) is 0 Å². The second-order valence-electron chi connectivity index (χ2n) is 6.04. The van der Waals surface area contributed by atoms with Gasteiger partial charge in [-0.2, -0.15) is 4.98 Å². The minimum atomic E-state index is 0.586. The van der Waals surface area contributed by atoms with Crippen molar-refractivity contribution >= 4 is 40.0 Å². The standard InChI is InChI=1S/C19H19ClN4/c20-15-9-3-5-11-17(15)22-19-21-16-10-4-2-8-14(16)18(23-19)24-12-6-1-7-13-24/h2-5,8-11H,1,6-7,12-13H2,(H,21,22,23). The number of anilines is 3. The average molecular weight is 339 g/mol. The number of hydrogen-bond acceptors (Lipinski definition) is 4. The van der Waals surface area contributed by atoms with Gasteiger partial charge in [-0.15, -0.1) is 0 Å². The molecule has 4 nitrogen and oxygen atoms in total. The van der Waals surface area contributed by atoms with E-state index in [1.165, 1.54) is 19.3 Å². The number of hydrogen-bond donors (Lipinski definition) is 1. The molecule has 3 aromatic rings. The van der Waals surface area contributed by atoms with Gasteiger partial charge in [0, 0.05) is 18.5 Å². The summed E-state index contributed by atoms with van der Waals surface area (Å²) < 4.78 is 0. The van der Waals surface area contributed by atoms with Gasteiger partial charge in [-0.05, 0) is 43.5 Å². The van der Waals surface area contributed by atoms with Gasteiger partial charge in [-0.3, -0.25) is 0 Å². The molecule has 24 heavy (non-hydrogen) atoms. The van der Waals surface area contributed by atoms with E-state index in [0.717, 1.165) is 35.5 Å². The molecule has 0 unspecified atom stereocenters. The highest BCUT2D eigenvalue weighted by Gasteiger charge is 2.17. The lowest BCUT2D eigenvalue weighted by atomic mass is 10.1. The molecule has 2 aromatic carbocycles. The predicted molar refractivity (Wildman–Crippen MR) is 100 cm³/mol. The zero-order valence-corrected chi connectivity index (χ0v) is 14.1. The van der Waals surface area contributed by atoms with Crippen LogP contribution < -0.4 is 10.2 Å². The van der Waals surface area contributed by atoms with Crippen molar-refractivity contribution < 1.29 is 0 Å². The van der Waals surface area contributed by atoms with Crippen LogP contribution in [0, 0.1) is 0 Å². The van der Waals surface area contributed by atoms with Gasteiger partial charge in [0.15, 0.2) is 0 Å². The van der Waals surface area contributed by atoms with Crippen LogP contribution in [-0.2, 0) is 0 Å². The molecular weight excluding hydrogens is 320 g/mol. The lowest BCUT2D eigenvalue weighted by Gasteiger charge is -2.29. The number of halogens is 1.